The van der Waals surface area contributed by atoms with Gasteiger partial charge in [0.2, 0.25) is 11.4 Å². The Morgan fingerprint density at radius 1 is 0.825 bits per heavy atom. The minimum Gasteiger partial charge on any atom is -0.741 e. The highest BCUT2D eigenvalue weighted by molar-refractivity contribution is 7.86. The fourth-order valence-electron chi connectivity index (χ4n) is 5.22. The molecule has 0 aliphatic heterocycles. The first kappa shape index (κ1) is 28.0. The highest BCUT2D eigenvalue weighted by Gasteiger charge is 2.37. The maximum absolute atomic E-state index is 10.7. The predicted molar refractivity (Wildman–Crippen MR) is 152 cm³/mol. The number of benzene rings is 3. The second kappa shape index (κ2) is 10.8. The molecule has 2 aromatic heterocycles. The Morgan fingerprint density at radius 2 is 1.35 bits per heavy atom. The number of hydrogen-bond donors (Lipinski definition) is 0. The van der Waals surface area contributed by atoms with Crippen LogP contribution >= 0.6 is 11.3 Å². The van der Waals surface area contributed by atoms with Gasteiger partial charge in [-0.25, -0.2) is 8.42 Å². The van der Waals surface area contributed by atoms with E-state index in [0.717, 1.165) is 12.8 Å². The smallest absolute Gasteiger partial charge is 0.485 e. The van der Waals surface area contributed by atoms with Crippen molar-refractivity contribution >= 4 is 31.5 Å². The van der Waals surface area contributed by atoms with Crippen LogP contribution in [0.4, 0.5) is 13.2 Å². The molecule has 0 amide bonds. The molecule has 2 heterocycles. The van der Waals surface area contributed by atoms with E-state index in [2.05, 4.69) is 109 Å². The van der Waals surface area contributed by atoms with Gasteiger partial charge in [-0.05, 0) is 67.0 Å². The van der Waals surface area contributed by atoms with E-state index in [1.165, 1.54) is 54.2 Å². The molecule has 1 aliphatic carbocycles. The molecule has 6 rings (SSSR count). The maximum atomic E-state index is 10.7. The highest BCUT2D eigenvalue weighted by Crippen LogP contribution is 2.46. The summed E-state index contributed by atoms with van der Waals surface area (Å²) >= 11 is 1.96. The van der Waals surface area contributed by atoms with E-state index in [1.807, 2.05) is 11.3 Å². The molecule has 3 aromatic carbocycles. The number of fused-ring (bicyclic) bond motifs is 5. The number of halogens is 3. The van der Waals surface area contributed by atoms with Crippen molar-refractivity contribution in [2.24, 2.45) is 0 Å². The van der Waals surface area contributed by atoms with E-state index >= 15 is 0 Å². The fraction of sp³-hybridized carbons (Fsp3) is 0.194. The number of aryl methyl sites for hydroxylation is 1. The molecule has 0 saturated carbocycles. The summed E-state index contributed by atoms with van der Waals surface area (Å²) in [6, 6.07) is 33.5. The van der Waals surface area contributed by atoms with Gasteiger partial charge < -0.3 is 4.55 Å². The van der Waals surface area contributed by atoms with Crippen molar-refractivity contribution in [2.75, 3.05) is 0 Å². The molecular weight excluding hydrogens is 555 g/mol. The first-order valence-corrected chi connectivity index (χ1v) is 14.9. The van der Waals surface area contributed by atoms with E-state index in [4.69, 9.17) is 13.0 Å². The Bertz CT molecular complexity index is 1780. The zero-order chi connectivity index (χ0) is 28.7. The molecular formula is C31H26F3NO3S2. The normalized spacial score (nSPS) is 13.0. The van der Waals surface area contributed by atoms with Crippen LogP contribution in [0.2, 0.25) is 0 Å². The number of nitrogens with zero attached hydrogens (tertiary/aromatic N) is 1. The van der Waals surface area contributed by atoms with Gasteiger partial charge in [0.15, 0.2) is 16.2 Å². The number of thiophene rings is 1. The largest absolute Gasteiger partial charge is 0.741 e. The van der Waals surface area contributed by atoms with Gasteiger partial charge in [0.1, 0.15) is 4.88 Å². The van der Waals surface area contributed by atoms with Crippen molar-refractivity contribution in [1.29, 1.82) is 0 Å². The van der Waals surface area contributed by atoms with E-state index < -0.39 is 15.6 Å². The summed E-state index contributed by atoms with van der Waals surface area (Å²) < 4.78 is 62.9. The van der Waals surface area contributed by atoms with Crippen molar-refractivity contribution in [1.82, 2.24) is 0 Å². The first-order valence-electron chi connectivity index (χ1n) is 12.7. The number of hydrogen-bond acceptors (Lipinski definition) is 4. The molecule has 0 saturated heterocycles. The number of pyridine rings is 1. The van der Waals surface area contributed by atoms with Gasteiger partial charge in [0.25, 0.3) is 0 Å². The molecule has 206 valence electrons. The summed E-state index contributed by atoms with van der Waals surface area (Å²) in [5, 5.41) is 1.43. The third-order valence-electron chi connectivity index (χ3n) is 6.89. The summed E-state index contributed by atoms with van der Waals surface area (Å²) in [6.07, 6.45) is 2.18. The van der Waals surface area contributed by atoms with Crippen molar-refractivity contribution in [3.05, 3.63) is 102 Å². The maximum Gasteiger partial charge on any atom is 0.485 e. The highest BCUT2D eigenvalue weighted by atomic mass is 32.2. The summed E-state index contributed by atoms with van der Waals surface area (Å²) in [5.41, 5.74) is 4.04. The number of rotatable bonds is 3. The standard InChI is InChI=1S/C30H26NS.CHF3O3S/c1-20(2)31-27(22-13-7-4-8-14-22)19-26(21-11-5-3-6-12-21)24-17-18-25-23-15-9-10-16-28(23)32-30(25)29(24)31;2-1(3,4)8(5,6)7/h3-16,19-20H,17-18H2,1-2H3;(H,5,6,7)/q+1;/p-1. The van der Waals surface area contributed by atoms with Crippen LogP contribution in [0.3, 0.4) is 0 Å². The second-order valence-electron chi connectivity index (χ2n) is 9.77. The van der Waals surface area contributed by atoms with Gasteiger partial charge in [-0.1, -0.05) is 66.7 Å². The zero-order valence-electron chi connectivity index (χ0n) is 21.8. The van der Waals surface area contributed by atoms with Gasteiger partial charge in [0.05, 0.1) is 0 Å². The predicted octanol–water partition coefficient (Wildman–Crippen LogP) is 7.92. The Hall–Kier alpha value is -3.53. The Balaban J connectivity index is 0.000000355. The van der Waals surface area contributed by atoms with Crippen LogP contribution in [0.1, 0.15) is 31.0 Å². The van der Waals surface area contributed by atoms with Crippen LogP contribution in [0.5, 0.6) is 0 Å². The van der Waals surface area contributed by atoms with Crippen LogP contribution in [0, 0.1) is 0 Å². The Labute approximate surface area is 235 Å². The first-order chi connectivity index (χ1) is 19.0. The lowest BCUT2D eigenvalue weighted by molar-refractivity contribution is -0.695. The lowest BCUT2D eigenvalue weighted by Crippen LogP contribution is -2.43. The van der Waals surface area contributed by atoms with Gasteiger partial charge in [0, 0.05) is 21.9 Å². The number of alkyl halides is 3. The van der Waals surface area contributed by atoms with Crippen LogP contribution in [0.25, 0.3) is 43.0 Å². The zero-order valence-corrected chi connectivity index (χ0v) is 23.4. The van der Waals surface area contributed by atoms with Crippen LogP contribution in [0.15, 0.2) is 91.0 Å². The van der Waals surface area contributed by atoms with Gasteiger partial charge >= 0.3 is 5.51 Å². The summed E-state index contributed by atoms with van der Waals surface area (Å²) in [4.78, 5) is 1.45. The Morgan fingerprint density at radius 3 is 1.93 bits per heavy atom. The second-order valence-corrected chi connectivity index (χ2v) is 12.2. The van der Waals surface area contributed by atoms with Crippen molar-refractivity contribution in [2.45, 2.75) is 38.2 Å². The molecule has 4 nitrogen and oxygen atoms in total. The SMILES string of the molecule is CC(C)[n+]1c(-c2ccccc2)cc(-c2ccccc2)c2c1-c1sc3ccccc3c1CC2.O=S(=O)([O-])C(F)(F)F. The van der Waals surface area contributed by atoms with Crippen LogP contribution < -0.4 is 4.57 Å². The average Bonchev–Trinajstić information content (AvgIpc) is 3.31. The quantitative estimate of drug-likeness (QED) is 0.124. The molecule has 0 fully saturated rings. The molecule has 9 heteroatoms. The van der Waals surface area contributed by atoms with Crippen molar-refractivity contribution in [3.8, 4) is 33.0 Å². The van der Waals surface area contributed by atoms with Gasteiger partial charge in [-0.3, -0.25) is 0 Å². The van der Waals surface area contributed by atoms with Gasteiger partial charge in [-0.2, -0.15) is 17.7 Å². The van der Waals surface area contributed by atoms with Crippen molar-refractivity contribution in [3.63, 3.8) is 0 Å². The summed E-state index contributed by atoms with van der Waals surface area (Å²) in [5.74, 6) is 0. The van der Waals surface area contributed by atoms with Crippen LogP contribution in [-0.2, 0) is 23.0 Å². The molecule has 0 bridgehead atoms. The fourth-order valence-corrected chi connectivity index (χ4v) is 6.54. The molecule has 0 N–H and O–H groups in total. The molecule has 40 heavy (non-hydrogen) atoms. The van der Waals surface area contributed by atoms with E-state index in [9.17, 15) is 13.2 Å². The van der Waals surface area contributed by atoms with Crippen LogP contribution in [-0.4, -0.2) is 18.5 Å². The third-order valence-corrected chi connectivity index (χ3v) is 8.67. The molecule has 0 unspecified atom stereocenters. The average molecular weight is 582 g/mol. The van der Waals surface area contributed by atoms with Gasteiger partial charge in [-0.15, -0.1) is 11.3 Å². The lowest BCUT2D eigenvalue weighted by Gasteiger charge is -2.22. The monoisotopic (exact) mass is 581 g/mol. The Kier molecular flexibility index (Phi) is 7.56. The van der Waals surface area contributed by atoms with E-state index in [1.54, 1.807) is 0 Å². The van der Waals surface area contributed by atoms with E-state index in [-0.39, 0.29) is 0 Å². The lowest BCUT2D eigenvalue weighted by atomic mass is 9.86. The van der Waals surface area contributed by atoms with Crippen molar-refractivity contribution < 1.29 is 30.7 Å². The number of aromatic nitrogens is 1. The third kappa shape index (κ3) is 5.29. The summed E-state index contributed by atoms with van der Waals surface area (Å²) in [7, 11) is -6.09. The minimum atomic E-state index is -6.09. The topological polar surface area (TPSA) is 61.1 Å². The molecule has 1 aliphatic rings. The molecule has 0 atom stereocenters. The van der Waals surface area contributed by atoms with E-state index in [0.29, 0.717) is 6.04 Å². The molecule has 5 aromatic rings. The molecule has 0 spiro atoms. The molecule has 0 radical (unpaired) electrons. The minimum absolute atomic E-state index is 0.361. The summed E-state index contributed by atoms with van der Waals surface area (Å²) in [6.45, 7) is 4.63.